The average molecular weight is 198 g/mol. The quantitative estimate of drug-likeness (QED) is 0.673. The van der Waals surface area contributed by atoms with Gasteiger partial charge < -0.3 is 4.74 Å². The van der Waals surface area contributed by atoms with Crippen molar-refractivity contribution in [2.24, 2.45) is 0 Å². The van der Waals surface area contributed by atoms with Gasteiger partial charge in [-0.1, -0.05) is 37.3 Å². The summed E-state index contributed by atoms with van der Waals surface area (Å²) in [5, 5.41) is 2.45. The van der Waals surface area contributed by atoms with Crippen molar-refractivity contribution in [1.29, 1.82) is 0 Å². The van der Waals surface area contributed by atoms with Crippen molar-refractivity contribution < 1.29 is 4.74 Å². The van der Waals surface area contributed by atoms with Gasteiger partial charge in [0.1, 0.15) is 5.75 Å². The van der Waals surface area contributed by atoms with E-state index < -0.39 is 0 Å². The fourth-order valence-electron chi connectivity index (χ4n) is 1.46. The van der Waals surface area contributed by atoms with Crippen molar-refractivity contribution in [3.8, 4) is 5.75 Å². The Labute approximate surface area is 90.0 Å². The van der Waals surface area contributed by atoms with E-state index in [1.54, 1.807) is 6.26 Å². The average Bonchev–Trinajstić information content (AvgIpc) is 2.29. The molecular weight excluding hydrogens is 184 g/mol. The van der Waals surface area contributed by atoms with Crippen LogP contribution >= 0.6 is 0 Å². The van der Waals surface area contributed by atoms with Crippen LogP contribution in [0, 0.1) is 0 Å². The molecule has 2 aromatic carbocycles. The Morgan fingerprint density at radius 1 is 1.07 bits per heavy atom. The van der Waals surface area contributed by atoms with Crippen LogP contribution in [0.1, 0.15) is 13.3 Å². The normalized spacial score (nSPS) is 11.0. The van der Waals surface area contributed by atoms with Crippen LogP contribution in [0.5, 0.6) is 5.75 Å². The molecule has 0 atom stereocenters. The van der Waals surface area contributed by atoms with Gasteiger partial charge in [-0.3, -0.25) is 0 Å². The van der Waals surface area contributed by atoms with Gasteiger partial charge in [-0.25, -0.2) is 0 Å². The van der Waals surface area contributed by atoms with Gasteiger partial charge in [-0.05, 0) is 35.4 Å². The van der Waals surface area contributed by atoms with Crippen molar-refractivity contribution in [3.63, 3.8) is 0 Å². The molecule has 2 rings (SSSR count). The van der Waals surface area contributed by atoms with Gasteiger partial charge in [-0.2, -0.15) is 0 Å². The summed E-state index contributed by atoms with van der Waals surface area (Å²) in [7, 11) is 0. The monoisotopic (exact) mass is 198 g/mol. The third-order valence-corrected chi connectivity index (χ3v) is 2.26. The number of hydrogen-bond donors (Lipinski definition) is 0. The van der Waals surface area contributed by atoms with Gasteiger partial charge in [0.05, 0.1) is 6.26 Å². The lowest BCUT2D eigenvalue weighted by Gasteiger charge is -2.02. The van der Waals surface area contributed by atoms with E-state index in [4.69, 9.17) is 4.74 Å². The molecule has 0 saturated heterocycles. The molecule has 0 aliphatic carbocycles. The Hall–Kier alpha value is -1.76. The van der Waals surface area contributed by atoms with Crippen LogP contribution in [-0.2, 0) is 0 Å². The van der Waals surface area contributed by atoms with Gasteiger partial charge in [0, 0.05) is 0 Å². The number of rotatable bonds is 3. The maximum absolute atomic E-state index is 5.47. The minimum absolute atomic E-state index is 0.887. The van der Waals surface area contributed by atoms with Crippen molar-refractivity contribution in [1.82, 2.24) is 0 Å². The molecular formula is C14H14O. The van der Waals surface area contributed by atoms with Gasteiger partial charge in [-0.15, -0.1) is 0 Å². The van der Waals surface area contributed by atoms with Crippen LogP contribution in [0.4, 0.5) is 0 Å². The molecule has 2 aromatic rings. The van der Waals surface area contributed by atoms with Crippen molar-refractivity contribution in [3.05, 3.63) is 54.8 Å². The molecule has 0 saturated carbocycles. The molecule has 0 spiro atoms. The zero-order chi connectivity index (χ0) is 10.5. The first-order valence-electron chi connectivity index (χ1n) is 5.20. The molecule has 76 valence electrons. The van der Waals surface area contributed by atoms with Crippen LogP contribution in [-0.4, -0.2) is 0 Å². The fourth-order valence-corrected chi connectivity index (χ4v) is 1.46. The third-order valence-electron chi connectivity index (χ3n) is 2.26. The summed E-state index contributed by atoms with van der Waals surface area (Å²) >= 11 is 0. The predicted octanol–water partition coefficient (Wildman–Crippen LogP) is 4.14. The van der Waals surface area contributed by atoms with Crippen LogP contribution in [0.25, 0.3) is 10.8 Å². The van der Waals surface area contributed by atoms with Gasteiger partial charge >= 0.3 is 0 Å². The molecule has 0 N–H and O–H groups in total. The highest BCUT2D eigenvalue weighted by Gasteiger charge is 1.94. The summed E-state index contributed by atoms with van der Waals surface area (Å²) in [4.78, 5) is 0. The molecule has 0 aromatic heterocycles. The highest BCUT2D eigenvalue weighted by Crippen LogP contribution is 2.20. The maximum atomic E-state index is 5.47. The number of hydrogen-bond acceptors (Lipinski definition) is 1. The van der Waals surface area contributed by atoms with E-state index in [9.17, 15) is 0 Å². The lowest BCUT2D eigenvalue weighted by molar-refractivity contribution is 0.480. The summed E-state index contributed by atoms with van der Waals surface area (Å²) < 4.78 is 5.47. The van der Waals surface area contributed by atoms with Crippen molar-refractivity contribution in [2.45, 2.75) is 13.3 Å². The summed E-state index contributed by atoms with van der Waals surface area (Å²) in [6.07, 6.45) is 4.73. The van der Waals surface area contributed by atoms with E-state index in [1.165, 1.54) is 10.8 Å². The second-order valence-electron chi connectivity index (χ2n) is 3.41. The molecule has 0 radical (unpaired) electrons. The first-order chi connectivity index (χ1) is 7.40. The first kappa shape index (κ1) is 9.78. The lowest BCUT2D eigenvalue weighted by Crippen LogP contribution is -1.81. The van der Waals surface area contributed by atoms with E-state index in [1.807, 2.05) is 24.3 Å². The molecule has 0 fully saturated rings. The minimum atomic E-state index is 0.887. The van der Waals surface area contributed by atoms with Crippen LogP contribution in [0.15, 0.2) is 54.8 Å². The first-order valence-corrected chi connectivity index (χ1v) is 5.20. The largest absolute Gasteiger partial charge is 0.465 e. The van der Waals surface area contributed by atoms with Crippen molar-refractivity contribution >= 4 is 10.8 Å². The topological polar surface area (TPSA) is 9.23 Å². The molecule has 1 nitrogen and oxygen atoms in total. The van der Waals surface area contributed by atoms with E-state index in [0.717, 1.165) is 12.2 Å². The molecule has 0 aliphatic rings. The van der Waals surface area contributed by atoms with Crippen molar-refractivity contribution in [2.75, 3.05) is 0 Å². The Balaban J connectivity index is 2.26. The number of allylic oxidation sites excluding steroid dienone is 1. The Kier molecular flexibility index (Phi) is 3.03. The van der Waals surface area contributed by atoms with E-state index in [-0.39, 0.29) is 0 Å². The zero-order valence-electron chi connectivity index (χ0n) is 8.81. The lowest BCUT2D eigenvalue weighted by atomic mass is 10.1. The van der Waals surface area contributed by atoms with Crippen LogP contribution in [0.3, 0.4) is 0 Å². The smallest absolute Gasteiger partial charge is 0.127 e. The molecule has 1 heteroatoms. The summed E-state index contributed by atoms with van der Waals surface area (Å²) in [6.45, 7) is 2.08. The fraction of sp³-hybridized carbons (Fsp3) is 0.143. The number of benzene rings is 2. The standard InChI is InChI=1S/C14H14O/c1-2-3-10-15-14-9-8-12-6-4-5-7-13(12)11-14/h3-11H,2H2,1H3. The Morgan fingerprint density at radius 3 is 2.67 bits per heavy atom. The summed E-state index contributed by atoms with van der Waals surface area (Å²) in [6, 6.07) is 14.4. The minimum Gasteiger partial charge on any atom is -0.465 e. The zero-order valence-corrected chi connectivity index (χ0v) is 8.81. The second kappa shape index (κ2) is 4.65. The number of ether oxygens (including phenoxy) is 1. The summed E-state index contributed by atoms with van der Waals surface area (Å²) in [5.41, 5.74) is 0. The highest BCUT2D eigenvalue weighted by molar-refractivity contribution is 5.83. The van der Waals surface area contributed by atoms with Gasteiger partial charge in [0.15, 0.2) is 0 Å². The molecule has 0 heterocycles. The molecule has 0 aliphatic heterocycles. The molecule has 0 bridgehead atoms. The SMILES string of the molecule is CCC=COc1ccc2ccccc2c1. The number of fused-ring (bicyclic) bond motifs is 1. The third kappa shape index (κ3) is 2.38. The highest BCUT2D eigenvalue weighted by atomic mass is 16.5. The van der Waals surface area contributed by atoms with E-state index in [2.05, 4.69) is 31.2 Å². The van der Waals surface area contributed by atoms with Gasteiger partial charge in [0.25, 0.3) is 0 Å². The Bertz CT molecular complexity index is 471. The summed E-state index contributed by atoms with van der Waals surface area (Å²) in [5.74, 6) is 0.887. The molecule has 0 unspecified atom stereocenters. The van der Waals surface area contributed by atoms with Crippen LogP contribution < -0.4 is 4.74 Å². The van der Waals surface area contributed by atoms with E-state index >= 15 is 0 Å². The molecule has 0 amide bonds. The van der Waals surface area contributed by atoms with Crippen LogP contribution in [0.2, 0.25) is 0 Å². The maximum Gasteiger partial charge on any atom is 0.127 e. The van der Waals surface area contributed by atoms with Gasteiger partial charge in [0.2, 0.25) is 0 Å². The predicted molar refractivity (Wildman–Crippen MR) is 64.0 cm³/mol. The second-order valence-corrected chi connectivity index (χ2v) is 3.41. The van der Waals surface area contributed by atoms with E-state index in [0.29, 0.717) is 0 Å². The molecule has 15 heavy (non-hydrogen) atoms. The Morgan fingerprint density at radius 2 is 1.87 bits per heavy atom.